The third kappa shape index (κ3) is 4.36. The lowest BCUT2D eigenvalue weighted by atomic mass is 10.0. The van der Waals surface area contributed by atoms with Gasteiger partial charge in [0.15, 0.2) is 0 Å². The average molecular weight is 290 g/mol. The predicted molar refractivity (Wildman–Crippen MR) is 81.5 cm³/mol. The zero-order valence-corrected chi connectivity index (χ0v) is 12.7. The van der Waals surface area contributed by atoms with Crippen molar-refractivity contribution >= 4 is 0 Å². The van der Waals surface area contributed by atoms with Crippen LogP contribution in [-0.2, 0) is 13.0 Å². The SMILES string of the molecule is CCCNC(Cc1nccn1CCC)c1cncc(F)c1. The number of aryl methyl sites for hydroxylation is 1. The van der Waals surface area contributed by atoms with E-state index in [1.54, 1.807) is 12.3 Å². The number of imidazole rings is 1. The highest BCUT2D eigenvalue weighted by Gasteiger charge is 2.15. The van der Waals surface area contributed by atoms with Crippen molar-refractivity contribution in [2.24, 2.45) is 0 Å². The number of rotatable bonds is 8. The molecule has 0 aliphatic rings. The molecule has 21 heavy (non-hydrogen) atoms. The van der Waals surface area contributed by atoms with Gasteiger partial charge in [0.2, 0.25) is 0 Å². The summed E-state index contributed by atoms with van der Waals surface area (Å²) in [6.45, 7) is 6.10. The van der Waals surface area contributed by atoms with Crippen LogP contribution in [0.3, 0.4) is 0 Å². The molecule has 4 nitrogen and oxygen atoms in total. The van der Waals surface area contributed by atoms with Gasteiger partial charge in [-0.05, 0) is 31.0 Å². The van der Waals surface area contributed by atoms with E-state index in [0.29, 0.717) is 0 Å². The topological polar surface area (TPSA) is 42.7 Å². The van der Waals surface area contributed by atoms with Gasteiger partial charge in [0.25, 0.3) is 0 Å². The molecule has 0 amide bonds. The molecule has 0 fully saturated rings. The Morgan fingerprint density at radius 3 is 2.86 bits per heavy atom. The van der Waals surface area contributed by atoms with Crippen LogP contribution in [0.2, 0.25) is 0 Å². The van der Waals surface area contributed by atoms with Gasteiger partial charge in [-0.25, -0.2) is 9.37 Å². The maximum atomic E-state index is 13.4. The van der Waals surface area contributed by atoms with Crippen LogP contribution in [0.4, 0.5) is 4.39 Å². The molecule has 0 bridgehead atoms. The summed E-state index contributed by atoms with van der Waals surface area (Å²) in [6, 6.07) is 1.58. The fourth-order valence-corrected chi connectivity index (χ4v) is 2.40. The molecule has 0 aliphatic carbocycles. The lowest BCUT2D eigenvalue weighted by molar-refractivity contribution is 0.497. The molecule has 2 aromatic heterocycles. The van der Waals surface area contributed by atoms with Gasteiger partial charge < -0.3 is 9.88 Å². The number of nitrogens with zero attached hydrogens (tertiary/aromatic N) is 3. The first-order valence-corrected chi connectivity index (χ1v) is 7.58. The maximum absolute atomic E-state index is 13.4. The first-order valence-electron chi connectivity index (χ1n) is 7.58. The van der Waals surface area contributed by atoms with Gasteiger partial charge >= 0.3 is 0 Å². The number of aromatic nitrogens is 3. The second-order valence-electron chi connectivity index (χ2n) is 5.18. The molecule has 0 saturated heterocycles. The van der Waals surface area contributed by atoms with Crippen molar-refractivity contribution in [3.8, 4) is 0 Å². The Balaban J connectivity index is 2.17. The highest BCUT2D eigenvalue weighted by Crippen LogP contribution is 2.18. The van der Waals surface area contributed by atoms with Crippen LogP contribution in [0.15, 0.2) is 30.9 Å². The second kappa shape index (κ2) is 7.88. The molecule has 0 saturated carbocycles. The van der Waals surface area contributed by atoms with Crippen molar-refractivity contribution < 1.29 is 4.39 Å². The van der Waals surface area contributed by atoms with Crippen LogP contribution in [0.5, 0.6) is 0 Å². The molecule has 2 heterocycles. The minimum atomic E-state index is -0.298. The van der Waals surface area contributed by atoms with Gasteiger partial charge in [-0.3, -0.25) is 4.98 Å². The molecule has 5 heteroatoms. The molecular formula is C16H23FN4. The van der Waals surface area contributed by atoms with E-state index in [4.69, 9.17) is 0 Å². The molecule has 0 radical (unpaired) electrons. The molecular weight excluding hydrogens is 267 g/mol. The molecule has 1 atom stereocenters. The van der Waals surface area contributed by atoms with Gasteiger partial charge in [-0.2, -0.15) is 0 Å². The zero-order valence-electron chi connectivity index (χ0n) is 12.7. The molecule has 0 aromatic carbocycles. The number of nitrogens with one attached hydrogen (secondary N) is 1. The summed E-state index contributed by atoms with van der Waals surface area (Å²) >= 11 is 0. The Hall–Kier alpha value is -1.75. The number of hydrogen-bond donors (Lipinski definition) is 1. The van der Waals surface area contributed by atoms with Crippen LogP contribution in [-0.4, -0.2) is 21.1 Å². The molecule has 1 unspecified atom stereocenters. The molecule has 2 rings (SSSR count). The third-order valence-corrected chi connectivity index (χ3v) is 3.42. The first kappa shape index (κ1) is 15.6. The number of halogens is 1. The lowest BCUT2D eigenvalue weighted by Gasteiger charge is -2.19. The largest absolute Gasteiger partial charge is 0.335 e. The summed E-state index contributed by atoms with van der Waals surface area (Å²) in [5.41, 5.74) is 0.870. The van der Waals surface area contributed by atoms with E-state index in [1.165, 1.54) is 6.20 Å². The number of hydrogen-bond acceptors (Lipinski definition) is 3. The van der Waals surface area contributed by atoms with Crippen molar-refractivity contribution in [1.82, 2.24) is 19.9 Å². The van der Waals surface area contributed by atoms with E-state index in [2.05, 4.69) is 33.7 Å². The summed E-state index contributed by atoms with van der Waals surface area (Å²) in [6.07, 6.45) is 9.62. The Morgan fingerprint density at radius 1 is 1.29 bits per heavy atom. The fraction of sp³-hybridized carbons (Fsp3) is 0.500. The lowest BCUT2D eigenvalue weighted by Crippen LogP contribution is -2.25. The van der Waals surface area contributed by atoms with Crippen molar-refractivity contribution in [2.75, 3.05) is 6.54 Å². The Morgan fingerprint density at radius 2 is 2.14 bits per heavy atom. The van der Waals surface area contributed by atoms with Crippen molar-refractivity contribution in [1.29, 1.82) is 0 Å². The monoisotopic (exact) mass is 290 g/mol. The van der Waals surface area contributed by atoms with Crippen molar-refractivity contribution in [2.45, 2.75) is 45.7 Å². The summed E-state index contributed by atoms with van der Waals surface area (Å²) in [4.78, 5) is 8.40. The molecule has 0 aliphatic heterocycles. The summed E-state index contributed by atoms with van der Waals surface area (Å²) < 4.78 is 15.6. The van der Waals surface area contributed by atoms with E-state index in [1.807, 2.05) is 12.4 Å². The summed E-state index contributed by atoms with van der Waals surface area (Å²) in [7, 11) is 0. The molecule has 114 valence electrons. The highest BCUT2D eigenvalue weighted by molar-refractivity contribution is 5.17. The minimum Gasteiger partial charge on any atom is -0.335 e. The van der Waals surface area contributed by atoms with Crippen LogP contribution in [0.25, 0.3) is 0 Å². The number of pyridine rings is 1. The van der Waals surface area contributed by atoms with E-state index in [0.717, 1.165) is 43.7 Å². The quantitative estimate of drug-likeness (QED) is 0.812. The van der Waals surface area contributed by atoms with E-state index in [9.17, 15) is 4.39 Å². The highest BCUT2D eigenvalue weighted by atomic mass is 19.1. The van der Waals surface area contributed by atoms with Crippen LogP contribution in [0, 0.1) is 5.82 Å². The Labute approximate surface area is 125 Å². The Bertz CT molecular complexity index is 553. The van der Waals surface area contributed by atoms with Gasteiger partial charge in [0.1, 0.15) is 11.6 Å². The van der Waals surface area contributed by atoms with Gasteiger partial charge in [0.05, 0.1) is 6.20 Å². The third-order valence-electron chi connectivity index (χ3n) is 3.42. The van der Waals surface area contributed by atoms with Crippen LogP contribution in [0.1, 0.15) is 44.1 Å². The van der Waals surface area contributed by atoms with Gasteiger partial charge in [0, 0.05) is 37.6 Å². The summed E-state index contributed by atoms with van der Waals surface area (Å²) in [5.74, 6) is 0.724. The smallest absolute Gasteiger partial charge is 0.141 e. The van der Waals surface area contributed by atoms with E-state index >= 15 is 0 Å². The molecule has 2 aromatic rings. The minimum absolute atomic E-state index is 0.0335. The van der Waals surface area contributed by atoms with E-state index in [-0.39, 0.29) is 11.9 Å². The predicted octanol–water partition coefficient (Wildman–Crippen LogP) is 3.11. The molecule has 1 N–H and O–H groups in total. The van der Waals surface area contributed by atoms with Gasteiger partial charge in [-0.15, -0.1) is 0 Å². The Kier molecular flexibility index (Phi) is 5.87. The van der Waals surface area contributed by atoms with Crippen molar-refractivity contribution in [3.05, 3.63) is 48.1 Å². The van der Waals surface area contributed by atoms with Crippen LogP contribution >= 0.6 is 0 Å². The fourth-order valence-electron chi connectivity index (χ4n) is 2.40. The molecule has 0 spiro atoms. The van der Waals surface area contributed by atoms with Gasteiger partial charge in [-0.1, -0.05) is 13.8 Å². The van der Waals surface area contributed by atoms with Crippen LogP contribution < -0.4 is 5.32 Å². The average Bonchev–Trinajstić information content (AvgIpc) is 2.91. The standard InChI is InChI=1S/C16H23FN4/c1-3-5-19-15(13-9-14(17)12-18-11-13)10-16-20-6-8-21(16)7-4-2/h6,8-9,11-12,15,19H,3-5,7,10H2,1-2H3. The van der Waals surface area contributed by atoms with E-state index < -0.39 is 0 Å². The normalized spacial score (nSPS) is 12.5. The second-order valence-corrected chi connectivity index (χ2v) is 5.18. The summed E-state index contributed by atoms with van der Waals surface area (Å²) in [5, 5.41) is 3.46. The zero-order chi connectivity index (χ0) is 15.1. The first-order chi connectivity index (χ1) is 10.2. The maximum Gasteiger partial charge on any atom is 0.141 e. The van der Waals surface area contributed by atoms with Crippen molar-refractivity contribution in [3.63, 3.8) is 0 Å².